The predicted molar refractivity (Wildman–Crippen MR) is 74.0 cm³/mol. The summed E-state index contributed by atoms with van der Waals surface area (Å²) >= 11 is 7.37. The number of aliphatic imine (C=N–C) groups is 1. The lowest BCUT2D eigenvalue weighted by atomic mass is 10.1. The third-order valence-corrected chi connectivity index (χ3v) is 4.15. The molecule has 7 heteroatoms. The molecule has 1 N–H and O–H groups in total. The minimum atomic E-state index is -4.38. The topological polar surface area (TPSA) is 24.4 Å². The van der Waals surface area contributed by atoms with E-state index in [1.165, 1.54) is 17.8 Å². The van der Waals surface area contributed by atoms with Crippen LogP contribution in [-0.2, 0) is 6.18 Å². The van der Waals surface area contributed by atoms with Crippen molar-refractivity contribution in [3.63, 3.8) is 0 Å². The second-order valence-electron chi connectivity index (χ2n) is 4.84. The lowest BCUT2D eigenvalue weighted by Crippen LogP contribution is -2.15. The first-order chi connectivity index (χ1) is 8.67. The summed E-state index contributed by atoms with van der Waals surface area (Å²) in [6.07, 6.45) is -4.38. The molecule has 1 heterocycles. The SMILES string of the molecule is CC1(C)CSC(Nc2cc(C(F)(F)F)ccc2Cl)=N1. The molecule has 0 aromatic heterocycles. The Labute approximate surface area is 118 Å². The van der Waals surface area contributed by atoms with Gasteiger partial charge in [-0.1, -0.05) is 23.4 Å². The normalized spacial score (nSPS) is 18.3. The molecular weight excluding hydrogens is 297 g/mol. The average molecular weight is 309 g/mol. The van der Waals surface area contributed by atoms with Crippen molar-refractivity contribution >= 4 is 34.2 Å². The van der Waals surface area contributed by atoms with Crippen LogP contribution in [0.25, 0.3) is 0 Å². The van der Waals surface area contributed by atoms with Crippen LogP contribution in [0, 0.1) is 0 Å². The molecular formula is C12H12ClF3N2S. The Hall–Kier alpha value is -0.880. The Morgan fingerprint density at radius 2 is 2.05 bits per heavy atom. The summed E-state index contributed by atoms with van der Waals surface area (Å²) in [6.45, 7) is 3.92. The van der Waals surface area contributed by atoms with Crippen LogP contribution >= 0.6 is 23.4 Å². The highest BCUT2D eigenvalue weighted by Gasteiger charge is 2.31. The molecule has 1 aliphatic rings. The van der Waals surface area contributed by atoms with Crippen LogP contribution in [0.4, 0.5) is 18.9 Å². The van der Waals surface area contributed by atoms with Crippen LogP contribution in [0.1, 0.15) is 19.4 Å². The van der Waals surface area contributed by atoms with E-state index in [0.717, 1.165) is 17.9 Å². The molecule has 2 rings (SSSR count). The number of thioether (sulfide) groups is 1. The van der Waals surface area contributed by atoms with Gasteiger partial charge in [-0.05, 0) is 32.0 Å². The fourth-order valence-electron chi connectivity index (χ4n) is 1.56. The molecule has 104 valence electrons. The fourth-order valence-corrected chi connectivity index (χ4v) is 2.77. The molecule has 1 aromatic carbocycles. The van der Waals surface area contributed by atoms with Crippen LogP contribution < -0.4 is 5.32 Å². The van der Waals surface area contributed by atoms with Crippen LogP contribution in [-0.4, -0.2) is 16.5 Å². The van der Waals surface area contributed by atoms with Crippen molar-refractivity contribution in [2.75, 3.05) is 11.1 Å². The maximum absolute atomic E-state index is 12.6. The zero-order chi connectivity index (χ0) is 14.3. The summed E-state index contributed by atoms with van der Waals surface area (Å²) < 4.78 is 37.9. The molecule has 0 bridgehead atoms. The number of rotatable bonds is 1. The lowest BCUT2D eigenvalue weighted by molar-refractivity contribution is -0.137. The van der Waals surface area contributed by atoms with E-state index in [4.69, 9.17) is 11.6 Å². The minimum Gasteiger partial charge on any atom is -0.334 e. The van der Waals surface area contributed by atoms with Gasteiger partial charge in [-0.3, -0.25) is 4.99 Å². The molecule has 0 fully saturated rings. The Kier molecular flexibility index (Phi) is 3.75. The fraction of sp³-hybridized carbons (Fsp3) is 0.417. The summed E-state index contributed by atoms with van der Waals surface area (Å²) in [4.78, 5) is 4.38. The number of hydrogen-bond donors (Lipinski definition) is 1. The van der Waals surface area contributed by atoms with Crippen molar-refractivity contribution in [2.45, 2.75) is 25.6 Å². The van der Waals surface area contributed by atoms with E-state index < -0.39 is 11.7 Å². The van der Waals surface area contributed by atoms with E-state index in [9.17, 15) is 13.2 Å². The van der Waals surface area contributed by atoms with Gasteiger partial charge in [0, 0.05) is 5.75 Å². The molecule has 0 radical (unpaired) electrons. The van der Waals surface area contributed by atoms with Gasteiger partial charge < -0.3 is 5.32 Å². The monoisotopic (exact) mass is 308 g/mol. The molecule has 0 unspecified atom stereocenters. The molecule has 0 aliphatic carbocycles. The van der Waals surface area contributed by atoms with Gasteiger partial charge in [0.25, 0.3) is 0 Å². The van der Waals surface area contributed by atoms with Gasteiger partial charge in [-0.2, -0.15) is 13.2 Å². The average Bonchev–Trinajstić information content (AvgIpc) is 2.60. The summed E-state index contributed by atoms with van der Waals surface area (Å²) in [5, 5.41) is 3.68. The van der Waals surface area contributed by atoms with E-state index >= 15 is 0 Å². The number of anilines is 1. The Balaban J connectivity index is 2.26. The van der Waals surface area contributed by atoms with E-state index in [2.05, 4.69) is 10.3 Å². The molecule has 0 amide bonds. The molecule has 1 aliphatic heterocycles. The lowest BCUT2D eigenvalue weighted by Gasteiger charge is -2.12. The summed E-state index contributed by atoms with van der Waals surface area (Å²) in [7, 11) is 0. The first kappa shape index (κ1) is 14.5. The van der Waals surface area contributed by atoms with Crippen LogP contribution in [0.5, 0.6) is 0 Å². The summed E-state index contributed by atoms with van der Waals surface area (Å²) in [5.74, 6) is 0.784. The van der Waals surface area contributed by atoms with E-state index in [0.29, 0.717) is 5.17 Å². The van der Waals surface area contributed by atoms with Gasteiger partial charge in [-0.15, -0.1) is 0 Å². The number of benzene rings is 1. The smallest absolute Gasteiger partial charge is 0.334 e. The molecule has 1 aromatic rings. The van der Waals surface area contributed by atoms with Crippen molar-refractivity contribution in [2.24, 2.45) is 4.99 Å². The van der Waals surface area contributed by atoms with Crippen molar-refractivity contribution in [3.8, 4) is 0 Å². The third-order valence-electron chi connectivity index (χ3n) is 2.50. The van der Waals surface area contributed by atoms with Gasteiger partial charge in [0.15, 0.2) is 5.17 Å². The number of halogens is 4. The first-order valence-corrected chi connectivity index (χ1v) is 6.90. The maximum atomic E-state index is 12.6. The van der Waals surface area contributed by atoms with Crippen molar-refractivity contribution < 1.29 is 13.2 Å². The van der Waals surface area contributed by atoms with Crippen molar-refractivity contribution in [1.82, 2.24) is 0 Å². The number of hydrogen-bond acceptors (Lipinski definition) is 3. The highest BCUT2D eigenvalue weighted by molar-refractivity contribution is 8.14. The van der Waals surface area contributed by atoms with Gasteiger partial charge in [-0.25, -0.2) is 0 Å². The Morgan fingerprint density at radius 1 is 1.37 bits per heavy atom. The molecule has 2 nitrogen and oxygen atoms in total. The minimum absolute atomic E-state index is 0.207. The Bertz CT molecular complexity index is 526. The van der Waals surface area contributed by atoms with E-state index in [1.807, 2.05) is 13.8 Å². The molecule has 19 heavy (non-hydrogen) atoms. The summed E-state index contributed by atoms with van der Waals surface area (Å²) in [6, 6.07) is 3.19. The van der Waals surface area contributed by atoms with Gasteiger partial charge in [0.1, 0.15) is 0 Å². The van der Waals surface area contributed by atoms with Crippen molar-refractivity contribution in [3.05, 3.63) is 28.8 Å². The van der Waals surface area contributed by atoms with Crippen molar-refractivity contribution in [1.29, 1.82) is 0 Å². The Morgan fingerprint density at radius 3 is 2.58 bits per heavy atom. The molecule has 0 spiro atoms. The number of alkyl halides is 3. The third kappa shape index (κ3) is 3.57. The van der Waals surface area contributed by atoms with Crippen LogP contribution in [0.2, 0.25) is 5.02 Å². The van der Waals surface area contributed by atoms with E-state index in [-0.39, 0.29) is 16.2 Å². The number of nitrogens with zero attached hydrogens (tertiary/aromatic N) is 1. The highest BCUT2D eigenvalue weighted by Crippen LogP contribution is 2.35. The molecule has 0 atom stereocenters. The standard InChI is InChI=1S/C12H12ClF3N2S/c1-11(2)6-19-10(18-11)17-9-5-7(12(14,15)16)3-4-8(9)13/h3-5H,6H2,1-2H3,(H,17,18). The van der Waals surface area contributed by atoms with Gasteiger partial charge in [0.05, 0.1) is 21.8 Å². The largest absolute Gasteiger partial charge is 0.416 e. The summed E-state index contributed by atoms with van der Waals surface area (Å²) in [5.41, 5.74) is -0.719. The highest BCUT2D eigenvalue weighted by atomic mass is 35.5. The molecule has 0 saturated heterocycles. The quantitative estimate of drug-likeness (QED) is 0.816. The zero-order valence-corrected chi connectivity index (χ0v) is 11.9. The second-order valence-corrected chi connectivity index (χ2v) is 6.21. The second kappa shape index (κ2) is 4.90. The van der Waals surface area contributed by atoms with Gasteiger partial charge >= 0.3 is 6.18 Å². The van der Waals surface area contributed by atoms with Crippen LogP contribution in [0.3, 0.4) is 0 Å². The number of nitrogens with one attached hydrogen (secondary N) is 1. The van der Waals surface area contributed by atoms with Gasteiger partial charge in [0.2, 0.25) is 0 Å². The van der Waals surface area contributed by atoms with Crippen LogP contribution in [0.15, 0.2) is 23.2 Å². The van der Waals surface area contributed by atoms with E-state index in [1.54, 1.807) is 0 Å². The first-order valence-electron chi connectivity index (χ1n) is 5.54. The maximum Gasteiger partial charge on any atom is 0.416 e. The zero-order valence-electron chi connectivity index (χ0n) is 10.3. The molecule has 0 saturated carbocycles. The predicted octanol–water partition coefficient (Wildman–Crippen LogP) is 4.65. The number of amidine groups is 1.